The van der Waals surface area contributed by atoms with Gasteiger partial charge in [0.25, 0.3) is 11.8 Å². The highest BCUT2D eigenvalue weighted by atomic mass is 35.5. The summed E-state index contributed by atoms with van der Waals surface area (Å²) in [7, 11) is 0. The van der Waals surface area contributed by atoms with Crippen molar-refractivity contribution in [1.82, 2.24) is 5.32 Å². The van der Waals surface area contributed by atoms with Gasteiger partial charge >= 0.3 is 0 Å². The van der Waals surface area contributed by atoms with Crippen molar-refractivity contribution in [2.24, 2.45) is 0 Å². The molecular formula is C24H22Cl2N2O4. The van der Waals surface area contributed by atoms with Gasteiger partial charge in [-0.25, -0.2) is 0 Å². The zero-order valence-corrected chi connectivity index (χ0v) is 18.8. The topological polar surface area (TPSA) is 87.7 Å². The van der Waals surface area contributed by atoms with E-state index in [9.17, 15) is 14.7 Å². The molecule has 3 N–H and O–H groups in total. The van der Waals surface area contributed by atoms with Crippen LogP contribution in [0.3, 0.4) is 0 Å². The monoisotopic (exact) mass is 472 g/mol. The molecule has 0 bridgehead atoms. The van der Waals surface area contributed by atoms with Crippen molar-refractivity contribution in [3.8, 4) is 5.75 Å². The molecule has 1 unspecified atom stereocenters. The van der Waals surface area contributed by atoms with E-state index in [1.54, 1.807) is 60.7 Å². The molecule has 0 aliphatic carbocycles. The summed E-state index contributed by atoms with van der Waals surface area (Å²) in [6, 6.07) is 18.8. The largest absolute Gasteiger partial charge is 0.489 e. The summed E-state index contributed by atoms with van der Waals surface area (Å²) in [5, 5.41) is 16.2. The molecule has 2 amide bonds. The molecule has 3 aromatic rings. The number of hydrogen-bond donors (Lipinski definition) is 3. The zero-order valence-electron chi connectivity index (χ0n) is 17.3. The number of hydrogen-bond acceptors (Lipinski definition) is 4. The van der Waals surface area contributed by atoms with Crippen LogP contribution < -0.4 is 15.4 Å². The van der Waals surface area contributed by atoms with Crippen LogP contribution in [0.4, 0.5) is 5.69 Å². The van der Waals surface area contributed by atoms with Gasteiger partial charge in [0.05, 0.1) is 5.02 Å². The molecule has 166 valence electrons. The van der Waals surface area contributed by atoms with E-state index in [2.05, 4.69) is 10.6 Å². The van der Waals surface area contributed by atoms with E-state index in [1.807, 2.05) is 13.0 Å². The Labute approximate surface area is 196 Å². The Morgan fingerprint density at radius 2 is 1.72 bits per heavy atom. The summed E-state index contributed by atoms with van der Waals surface area (Å²) in [5.74, 6) is -0.305. The van der Waals surface area contributed by atoms with Gasteiger partial charge in [0, 0.05) is 23.4 Å². The van der Waals surface area contributed by atoms with Gasteiger partial charge in [-0.15, -0.1) is 0 Å². The maximum Gasteiger partial charge on any atom is 0.255 e. The second-order valence-corrected chi connectivity index (χ2v) is 7.86. The van der Waals surface area contributed by atoms with Gasteiger partial charge in [-0.05, 0) is 48.9 Å². The minimum Gasteiger partial charge on any atom is -0.489 e. The van der Waals surface area contributed by atoms with Crippen LogP contribution in [-0.2, 0) is 0 Å². The third-order valence-electron chi connectivity index (χ3n) is 4.63. The molecule has 0 radical (unpaired) electrons. The number of rotatable bonds is 8. The third-order valence-corrected chi connectivity index (χ3v) is 5.43. The highest BCUT2D eigenvalue weighted by Crippen LogP contribution is 2.31. The van der Waals surface area contributed by atoms with Crippen LogP contribution in [0.2, 0.25) is 10.0 Å². The van der Waals surface area contributed by atoms with Gasteiger partial charge in [-0.1, -0.05) is 53.5 Å². The fourth-order valence-corrected chi connectivity index (χ4v) is 3.18. The van der Waals surface area contributed by atoms with E-state index < -0.39 is 6.10 Å². The number of aliphatic hydroxyl groups is 1. The number of amides is 2. The van der Waals surface area contributed by atoms with Crippen LogP contribution >= 0.6 is 23.2 Å². The summed E-state index contributed by atoms with van der Waals surface area (Å²) in [4.78, 5) is 24.9. The van der Waals surface area contributed by atoms with E-state index >= 15 is 0 Å². The number of anilines is 1. The lowest BCUT2D eigenvalue weighted by Crippen LogP contribution is -2.35. The average Bonchev–Trinajstić information content (AvgIpc) is 2.80. The van der Waals surface area contributed by atoms with Crippen molar-refractivity contribution in [3.63, 3.8) is 0 Å². The van der Waals surface area contributed by atoms with Crippen molar-refractivity contribution < 1.29 is 19.4 Å². The third kappa shape index (κ3) is 6.23. The van der Waals surface area contributed by atoms with Gasteiger partial charge in [-0.2, -0.15) is 0 Å². The van der Waals surface area contributed by atoms with Gasteiger partial charge < -0.3 is 20.5 Å². The number of aryl methyl sites for hydroxylation is 1. The average molecular weight is 473 g/mol. The molecule has 8 heteroatoms. The summed E-state index contributed by atoms with van der Waals surface area (Å²) in [6.07, 6.45) is -0.961. The molecule has 0 spiro atoms. The van der Waals surface area contributed by atoms with Crippen molar-refractivity contribution >= 4 is 40.7 Å². The molecule has 6 nitrogen and oxygen atoms in total. The first kappa shape index (κ1) is 23.6. The number of carbonyl (C=O) groups excluding carboxylic acids is 2. The van der Waals surface area contributed by atoms with Crippen LogP contribution in [-0.4, -0.2) is 36.2 Å². The molecule has 0 heterocycles. The SMILES string of the molecule is Cc1ccc(C(=O)NCC(O)COc2cccc(Cl)c2Cl)cc1NC(=O)c1ccccc1. The summed E-state index contributed by atoms with van der Waals surface area (Å²) >= 11 is 12.0. The van der Waals surface area contributed by atoms with Crippen LogP contribution in [0.5, 0.6) is 5.75 Å². The smallest absolute Gasteiger partial charge is 0.255 e. The second-order valence-electron chi connectivity index (χ2n) is 7.08. The van der Waals surface area contributed by atoms with E-state index in [0.717, 1.165) is 5.56 Å². The normalized spacial score (nSPS) is 11.5. The number of ether oxygens (including phenoxy) is 1. The summed E-state index contributed by atoms with van der Waals surface area (Å²) < 4.78 is 5.47. The molecule has 1 atom stereocenters. The molecular weight excluding hydrogens is 451 g/mol. The second kappa shape index (κ2) is 11.0. The maximum absolute atomic E-state index is 12.5. The lowest BCUT2D eigenvalue weighted by Gasteiger charge is -2.15. The first-order valence-electron chi connectivity index (χ1n) is 9.85. The highest BCUT2D eigenvalue weighted by molar-refractivity contribution is 6.42. The molecule has 0 fully saturated rings. The zero-order chi connectivity index (χ0) is 23.1. The molecule has 3 aromatic carbocycles. The van der Waals surface area contributed by atoms with Gasteiger partial charge in [0.1, 0.15) is 23.5 Å². The Balaban J connectivity index is 1.56. The lowest BCUT2D eigenvalue weighted by atomic mass is 10.1. The van der Waals surface area contributed by atoms with Gasteiger partial charge in [0.15, 0.2) is 0 Å². The minimum atomic E-state index is -0.961. The minimum absolute atomic E-state index is 0.0311. The van der Waals surface area contributed by atoms with E-state index in [0.29, 0.717) is 27.6 Å². The summed E-state index contributed by atoms with van der Waals surface area (Å²) in [6.45, 7) is 1.73. The van der Waals surface area contributed by atoms with Crippen molar-refractivity contribution in [2.45, 2.75) is 13.0 Å². The van der Waals surface area contributed by atoms with E-state index in [1.165, 1.54) is 0 Å². The quantitative estimate of drug-likeness (QED) is 0.442. The van der Waals surface area contributed by atoms with Crippen LogP contribution in [0.1, 0.15) is 26.3 Å². The molecule has 0 saturated heterocycles. The standard InChI is InChI=1S/C24H22Cl2N2O4/c1-15-10-11-17(12-20(15)28-24(31)16-6-3-2-4-7-16)23(30)27-13-18(29)14-32-21-9-5-8-19(25)22(21)26/h2-12,18,29H,13-14H2,1H3,(H,27,30)(H,28,31). The number of benzene rings is 3. The number of halogens is 2. The summed E-state index contributed by atoms with van der Waals surface area (Å²) in [5.41, 5.74) is 2.22. The van der Waals surface area contributed by atoms with Crippen LogP contribution in [0.15, 0.2) is 66.7 Å². The molecule has 0 aliphatic rings. The maximum atomic E-state index is 12.5. The Morgan fingerprint density at radius 1 is 0.969 bits per heavy atom. The van der Waals surface area contributed by atoms with Crippen LogP contribution in [0, 0.1) is 6.92 Å². The van der Waals surface area contributed by atoms with Gasteiger partial charge in [-0.3, -0.25) is 9.59 Å². The fraction of sp³-hybridized carbons (Fsp3) is 0.167. The van der Waals surface area contributed by atoms with E-state index in [4.69, 9.17) is 27.9 Å². The predicted molar refractivity (Wildman–Crippen MR) is 126 cm³/mol. The van der Waals surface area contributed by atoms with Crippen molar-refractivity contribution in [3.05, 3.63) is 93.5 Å². The predicted octanol–water partition coefficient (Wildman–Crippen LogP) is 4.72. The Kier molecular flexibility index (Phi) is 8.11. The molecule has 0 saturated carbocycles. The van der Waals surface area contributed by atoms with Crippen LogP contribution in [0.25, 0.3) is 0 Å². The number of aliphatic hydroxyl groups excluding tert-OH is 1. The number of nitrogens with one attached hydrogen (secondary N) is 2. The number of carbonyl (C=O) groups is 2. The van der Waals surface area contributed by atoms with Crippen molar-refractivity contribution in [2.75, 3.05) is 18.5 Å². The van der Waals surface area contributed by atoms with Gasteiger partial charge in [0.2, 0.25) is 0 Å². The highest BCUT2D eigenvalue weighted by Gasteiger charge is 2.14. The molecule has 3 rings (SSSR count). The molecule has 0 aliphatic heterocycles. The first-order chi connectivity index (χ1) is 15.3. The van der Waals surface area contributed by atoms with Crippen molar-refractivity contribution in [1.29, 1.82) is 0 Å². The first-order valence-corrected chi connectivity index (χ1v) is 10.6. The lowest BCUT2D eigenvalue weighted by molar-refractivity contribution is 0.0843. The Morgan fingerprint density at radius 3 is 2.47 bits per heavy atom. The van der Waals surface area contributed by atoms with E-state index in [-0.39, 0.29) is 30.0 Å². The fourth-order valence-electron chi connectivity index (χ4n) is 2.83. The Bertz CT molecular complexity index is 1110. The molecule has 0 aromatic heterocycles. The molecule has 32 heavy (non-hydrogen) atoms. The Hall–Kier alpha value is -3.06.